The van der Waals surface area contributed by atoms with Crippen LogP contribution >= 0.6 is 0 Å². The number of hydrogen-bond donors (Lipinski definition) is 0. The largest absolute Gasteiger partial charge is 0.493 e. The summed E-state index contributed by atoms with van der Waals surface area (Å²) in [6.45, 7) is 4.35. The number of benzene rings is 1. The molecule has 3 aliphatic heterocycles. The Bertz CT molecular complexity index is 777. The zero-order valence-electron chi connectivity index (χ0n) is 14.3. The number of morpholine rings is 1. The van der Waals surface area contributed by atoms with Crippen LogP contribution in [0.2, 0.25) is 0 Å². The molecule has 0 amide bonds. The highest BCUT2D eigenvalue weighted by Crippen LogP contribution is 2.35. The Balaban J connectivity index is 1.37. The molecule has 1 aliphatic carbocycles. The fourth-order valence-electron chi connectivity index (χ4n) is 4.25. The van der Waals surface area contributed by atoms with Crippen molar-refractivity contribution in [1.82, 2.24) is 9.21 Å². The van der Waals surface area contributed by atoms with Crippen molar-refractivity contribution < 1.29 is 17.9 Å². The highest BCUT2D eigenvalue weighted by molar-refractivity contribution is 7.89. The number of fused-ring (bicyclic) bond motifs is 2. The molecular weight excluding hydrogens is 340 g/mol. The van der Waals surface area contributed by atoms with Crippen molar-refractivity contribution in [2.45, 2.75) is 36.3 Å². The molecule has 1 aromatic carbocycles. The molecule has 0 spiro atoms. The lowest BCUT2D eigenvalue weighted by atomic mass is 10.1. The fourth-order valence-corrected chi connectivity index (χ4v) is 5.77. The molecule has 1 saturated carbocycles. The molecular formula is C18H24N2O4S. The third-order valence-electron chi connectivity index (χ3n) is 5.87. The van der Waals surface area contributed by atoms with Crippen molar-refractivity contribution in [2.24, 2.45) is 5.92 Å². The zero-order valence-corrected chi connectivity index (χ0v) is 15.1. The van der Waals surface area contributed by atoms with E-state index in [9.17, 15) is 8.42 Å². The Labute approximate surface area is 148 Å². The first kappa shape index (κ1) is 16.1. The van der Waals surface area contributed by atoms with Gasteiger partial charge in [-0.05, 0) is 42.5 Å². The van der Waals surface area contributed by atoms with E-state index >= 15 is 0 Å². The average Bonchev–Trinajstić information content (AvgIpc) is 3.12. The van der Waals surface area contributed by atoms with E-state index in [2.05, 4.69) is 4.90 Å². The van der Waals surface area contributed by atoms with E-state index in [1.807, 2.05) is 0 Å². The van der Waals surface area contributed by atoms with E-state index in [1.54, 1.807) is 22.5 Å². The van der Waals surface area contributed by atoms with Crippen LogP contribution in [0.4, 0.5) is 0 Å². The van der Waals surface area contributed by atoms with Crippen molar-refractivity contribution in [3.8, 4) is 5.75 Å². The molecule has 0 bridgehead atoms. The quantitative estimate of drug-likeness (QED) is 0.801. The molecule has 1 aromatic rings. The molecule has 6 nitrogen and oxygen atoms in total. The lowest BCUT2D eigenvalue weighted by Crippen LogP contribution is -2.51. The van der Waals surface area contributed by atoms with E-state index in [0.717, 1.165) is 36.7 Å². The smallest absolute Gasteiger partial charge is 0.243 e. The first-order chi connectivity index (χ1) is 12.1. The van der Waals surface area contributed by atoms with Crippen LogP contribution in [0.15, 0.2) is 23.1 Å². The third-order valence-corrected chi connectivity index (χ3v) is 7.70. The normalized spacial score (nSPS) is 30.1. The summed E-state index contributed by atoms with van der Waals surface area (Å²) < 4.78 is 39.3. The number of sulfonamides is 1. The second-order valence-corrected chi connectivity index (χ2v) is 9.54. The van der Waals surface area contributed by atoms with Crippen LogP contribution in [0, 0.1) is 5.92 Å². The van der Waals surface area contributed by atoms with Gasteiger partial charge in [0.2, 0.25) is 10.0 Å². The van der Waals surface area contributed by atoms with Crippen LogP contribution in [0.1, 0.15) is 18.4 Å². The summed E-state index contributed by atoms with van der Waals surface area (Å²) in [7, 11) is -3.48. The molecule has 2 atom stereocenters. The van der Waals surface area contributed by atoms with Gasteiger partial charge in [0.25, 0.3) is 0 Å². The Morgan fingerprint density at radius 2 is 2.04 bits per heavy atom. The van der Waals surface area contributed by atoms with Crippen molar-refractivity contribution >= 4 is 10.0 Å². The summed E-state index contributed by atoms with van der Waals surface area (Å²) in [5, 5.41) is 0. The standard InChI is InChI=1S/C18H24N2O4S/c21-25(22,15-3-4-17-14(9-15)5-7-23-17)20-11-16-18(12-20)24-8-6-19(16)10-13-1-2-13/h3-4,9,13,16,18H,1-2,5-8,10-12H2/t16-,18-/m0/s1. The van der Waals surface area contributed by atoms with Gasteiger partial charge in [-0.25, -0.2) is 8.42 Å². The molecule has 5 rings (SSSR count). The lowest BCUT2D eigenvalue weighted by Gasteiger charge is -2.36. The Kier molecular flexibility index (Phi) is 3.82. The second kappa shape index (κ2) is 5.94. The molecule has 0 radical (unpaired) electrons. The highest BCUT2D eigenvalue weighted by Gasteiger charge is 2.45. The maximum atomic E-state index is 13.1. The van der Waals surface area contributed by atoms with Crippen LogP contribution in [-0.4, -0.2) is 69.2 Å². The third kappa shape index (κ3) is 2.87. The predicted octanol–water partition coefficient (Wildman–Crippen LogP) is 1.11. The Hall–Kier alpha value is -1.15. The summed E-state index contributed by atoms with van der Waals surface area (Å²) >= 11 is 0. The van der Waals surface area contributed by atoms with Gasteiger partial charge in [0.05, 0.1) is 30.3 Å². The first-order valence-electron chi connectivity index (χ1n) is 9.23. The maximum Gasteiger partial charge on any atom is 0.243 e. The van der Waals surface area contributed by atoms with E-state index in [0.29, 0.717) is 31.2 Å². The summed E-state index contributed by atoms with van der Waals surface area (Å²) in [4.78, 5) is 2.84. The van der Waals surface area contributed by atoms with E-state index in [1.165, 1.54) is 12.8 Å². The Morgan fingerprint density at radius 3 is 2.88 bits per heavy atom. The number of hydrogen-bond acceptors (Lipinski definition) is 5. The van der Waals surface area contributed by atoms with Gasteiger partial charge in [-0.15, -0.1) is 0 Å². The minimum absolute atomic E-state index is 0.0000329. The monoisotopic (exact) mass is 364 g/mol. The maximum absolute atomic E-state index is 13.1. The second-order valence-electron chi connectivity index (χ2n) is 7.60. The van der Waals surface area contributed by atoms with Crippen LogP contribution < -0.4 is 4.74 Å². The zero-order chi connectivity index (χ0) is 17.0. The highest BCUT2D eigenvalue weighted by atomic mass is 32.2. The van der Waals surface area contributed by atoms with Gasteiger partial charge in [-0.3, -0.25) is 4.90 Å². The van der Waals surface area contributed by atoms with Gasteiger partial charge in [-0.2, -0.15) is 4.31 Å². The van der Waals surface area contributed by atoms with Crippen molar-refractivity contribution in [2.75, 3.05) is 39.4 Å². The minimum Gasteiger partial charge on any atom is -0.493 e. The van der Waals surface area contributed by atoms with Gasteiger partial charge in [0.1, 0.15) is 5.75 Å². The van der Waals surface area contributed by atoms with Crippen molar-refractivity contribution in [3.05, 3.63) is 23.8 Å². The molecule has 25 heavy (non-hydrogen) atoms. The van der Waals surface area contributed by atoms with Crippen molar-refractivity contribution in [1.29, 1.82) is 0 Å². The average molecular weight is 364 g/mol. The summed E-state index contributed by atoms with van der Waals surface area (Å²) in [6, 6.07) is 5.43. The number of ether oxygens (including phenoxy) is 2. The predicted molar refractivity (Wildman–Crippen MR) is 92.2 cm³/mol. The Morgan fingerprint density at radius 1 is 1.16 bits per heavy atom. The molecule has 2 saturated heterocycles. The van der Waals surface area contributed by atoms with Crippen molar-refractivity contribution in [3.63, 3.8) is 0 Å². The van der Waals surface area contributed by atoms with Gasteiger partial charge in [0.15, 0.2) is 0 Å². The lowest BCUT2D eigenvalue weighted by molar-refractivity contribution is -0.0483. The molecule has 3 fully saturated rings. The number of rotatable bonds is 4. The summed E-state index contributed by atoms with van der Waals surface area (Å²) in [6.07, 6.45) is 3.41. The van der Waals surface area contributed by atoms with E-state index in [4.69, 9.17) is 9.47 Å². The molecule has 7 heteroatoms. The molecule has 3 heterocycles. The molecule has 4 aliphatic rings. The SMILES string of the molecule is O=S(=O)(c1ccc2c(c1)CCO2)N1C[C@@H]2OCCN(CC3CC3)[C@H]2C1. The van der Waals surface area contributed by atoms with Crippen LogP contribution in [0.25, 0.3) is 0 Å². The first-order valence-corrected chi connectivity index (χ1v) is 10.7. The fraction of sp³-hybridized carbons (Fsp3) is 0.667. The summed E-state index contributed by atoms with van der Waals surface area (Å²) in [5.41, 5.74) is 0.990. The molecule has 136 valence electrons. The van der Waals surface area contributed by atoms with Crippen LogP contribution in [0.3, 0.4) is 0 Å². The molecule has 0 unspecified atom stereocenters. The number of nitrogens with zero attached hydrogens (tertiary/aromatic N) is 2. The minimum atomic E-state index is -3.48. The van der Waals surface area contributed by atoms with Crippen LogP contribution in [0.5, 0.6) is 5.75 Å². The molecule has 0 aromatic heterocycles. The van der Waals surface area contributed by atoms with Gasteiger partial charge >= 0.3 is 0 Å². The topological polar surface area (TPSA) is 59.1 Å². The van der Waals surface area contributed by atoms with Gasteiger partial charge < -0.3 is 9.47 Å². The van der Waals surface area contributed by atoms with Gasteiger partial charge in [0, 0.05) is 32.6 Å². The molecule has 0 N–H and O–H groups in total. The van der Waals surface area contributed by atoms with Gasteiger partial charge in [-0.1, -0.05) is 0 Å². The van der Waals surface area contributed by atoms with E-state index < -0.39 is 10.0 Å². The summed E-state index contributed by atoms with van der Waals surface area (Å²) in [5.74, 6) is 1.62. The van der Waals surface area contributed by atoms with Crippen LogP contribution in [-0.2, 0) is 21.2 Å². The van der Waals surface area contributed by atoms with E-state index in [-0.39, 0.29) is 12.1 Å².